The highest BCUT2D eigenvalue weighted by Crippen LogP contribution is 1.83. The molecule has 0 aliphatic rings. The highest BCUT2D eigenvalue weighted by atomic mass is 16.2. The highest BCUT2D eigenvalue weighted by Gasteiger charge is 1.73. The molecular formula is C5H8BNO. The van der Waals surface area contributed by atoms with Gasteiger partial charge in [0.25, 0.3) is 0 Å². The Labute approximate surface area is 50.1 Å². The van der Waals surface area contributed by atoms with Gasteiger partial charge in [0.05, 0.1) is 6.61 Å². The lowest BCUT2D eigenvalue weighted by molar-refractivity contribution is 0.342. The summed E-state index contributed by atoms with van der Waals surface area (Å²) in [6.07, 6.45) is 4.32. The average molecular weight is 109 g/mol. The first-order valence-corrected chi connectivity index (χ1v) is 2.26. The quantitative estimate of drug-likeness (QED) is 0.371. The number of nitrogens with two attached hydrogens (primary N) is 1. The minimum absolute atomic E-state index is 0.00542. The molecule has 0 aliphatic carbocycles. The van der Waals surface area contributed by atoms with Crippen molar-refractivity contribution in [2.24, 2.45) is 5.73 Å². The summed E-state index contributed by atoms with van der Waals surface area (Å²) in [7, 11) is 5.20. The van der Waals surface area contributed by atoms with Gasteiger partial charge in [-0.15, -0.1) is 0 Å². The van der Waals surface area contributed by atoms with E-state index < -0.39 is 0 Å². The molecule has 0 aromatic heterocycles. The monoisotopic (exact) mass is 109 g/mol. The first-order chi connectivity index (χ1) is 3.81. The van der Waals surface area contributed by atoms with Gasteiger partial charge in [-0.1, -0.05) is 17.6 Å². The number of hydrogen-bond acceptors (Lipinski definition) is 2. The lowest BCUT2D eigenvalue weighted by atomic mass is 9.97. The van der Waals surface area contributed by atoms with E-state index in [1.807, 2.05) is 0 Å². The van der Waals surface area contributed by atoms with Crippen LogP contribution in [0.3, 0.4) is 0 Å². The van der Waals surface area contributed by atoms with Gasteiger partial charge >= 0.3 is 0 Å². The molecule has 8 heavy (non-hydrogen) atoms. The summed E-state index contributed by atoms with van der Waals surface area (Å²) in [5.41, 5.74) is 5.45. The fourth-order valence-electron chi connectivity index (χ4n) is 0.244. The zero-order valence-electron chi connectivity index (χ0n) is 4.54. The minimum atomic E-state index is -0.00542. The Hall–Kier alpha value is -0.695. The summed E-state index contributed by atoms with van der Waals surface area (Å²) < 4.78 is 0. The largest absolute Gasteiger partial charge is 0.405 e. The third-order valence-electron chi connectivity index (χ3n) is 0.608. The third-order valence-corrected chi connectivity index (χ3v) is 0.608. The number of aliphatic hydroxyl groups excluding tert-OH is 1. The van der Waals surface area contributed by atoms with Crippen molar-refractivity contribution in [3.05, 3.63) is 23.8 Å². The molecule has 2 radical (unpaired) electrons. The van der Waals surface area contributed by atoms with E-state index in [1.165, 1.54) is 12.3 Å². The van der Waals surface area contributed by atoms with Crippen LogP contribution in [0, 0.1) is 0 Å². The van der Waals surface area contributed by atoms with E-state index in [1.54, 1.807) is 6.08 Å². The zero-order valence-corrected chi connectivity index (χ0v) is 4.54. The van der Waals surface area contributed by atoms with E-state index >= 15 is 0 Å². The van der Waals surface area contributed by atoms with Crippen molar-refractivity contribution in [3.63, 3.8) is 0 Å². The second kappa shape index (κ2) is 4.46. The molecular weight excluding hydrogens is 101 g/mol. The lowest BCUT2D eigenvalue weighted by Gasteiger charge is -1.84. The van der Waals surface area contributed by atoms with Crippen molar-refractivity contribution in [2.75, 3.05) is 6.61 Å². The van der Waals surface area contributed by atoms with Crippen LogP contribution in [0.2, 0.25) is 0 Å². The van der Waals surface area contributed by atoms with Crippen molar-refractivity contribution in [1.29, 1.82) is 0 Å². The second-order valence-corrected chi connectivity index (χ2v) is 1.25. The van der Waals surface area contributed by atoms with E-state index in [9.17, 15) is 0 Å². The maximum absolute atomic E-state index is 8.20. The molecule has 0 saturated carbocycles. The molecule has 0 saturated heterocycles. The Morgan fingerprint density at radius 2 is 2.38 bits per heavy atom. The van der Waals surface area contributed by atoms with Crippen LogP contribution >= 0.6 is 0 Å². The minimum Gasteiger partial charge on any atom is -0.405 e. The number of rotatable bonds is 2. The molecule has 0 aromatic carbocycles. The molecule has 0 rings (SSSR count). The predicted octanol–water partition coefficient (Wildman–Crippen LogP) is -0.497. The van der Waals surface area contributed by atoms with Gasteiger partial charge in [0, 0.05) is 0 Å². The van der Waals surface area contributed by atoms with Gasteiger partial charge < -0.3 is 10.8 Å². The van der Waals surface area contributed by atoms with Crippen molar-refractivity contribution >= 4 is 7.85 Å². The van der Waals surface area contributed by atoms with Gasteiger partial charge in [0.2, 0.25) is 0 Å². The normalized spacial score (nSPS) is 12.9. The smallest absolute Gasteiger partial charge is 0.115 e. The number of allylic oxidation sites excluding steroid dienone is 2. The van der Waals surface area contributed by atoms with E-state index in [-0.39, 0.29) is 6.61 Å². The van der Waals surface area contributed by atoms with Crippen LogP contribution in [-0.4, -0.2) is 19.6 Å². The third kappa shape index (κ3) is 3.49. The van der Waals surface area contributed by atoms with Crippen LogP contribution in [0.4, 0.5) is 0 Å². The van der Waals surface area contributed by atoms with Crippen LogP contribution in [0.25, 0.3) is 0 Å². The van der Waals surface area contributed by atoms with Crippen LogP contribution in [0.1, 0.15) is 0 Å². The molecule has 0 atom stereocenters. The van der Waals surface area contributed by atoms with Gasteiger partial charge in [-0.05, 0) is 6.20 Å². The van der Waals surface area contributed by atoms with Crippen molar-refractivity contribution in [3.8, 4) is 0 Å². The molecule has 0 aliphatic heterocycles. The van der Waals surface area contributed by atoms with Gasteiger partial charge in [-0.2, -0.15) is 0 Å². The Morgan fingerprint density at radius 1 is 1.75 bits per heavy atom. The van der Waals surface area contributed by atoms with Crippen molar-refractivity contribution in [2.45, 2.75) is 0 Å². The summed E-state index contributed by atoms with van der Waals surface area (Å²) in [5, 5.41) is 8.20. The maximum Gasteiger partial charge on any atom is 0.115 e. The fourth-order valence-corrected chi connectivity index (χ4v) is 0.244. The molecule has 3 heteroatoms. The average Bonchev–Trinajstić information content (AvgIpc) is 1.83. The topological polar surface area (TPSA) is 46.2 Å². The molecule has 0 spiro atoms. The van der Waals surface area contributed by atoms with Gasteiger partial charge in [-0.25, -0.2) is 0 Å². The second-order valence-electron chi connectivity index (χ2n) is 1.25. The van der Waals surface area contributed by atoms with E-state index in [0.29, 0.717) is 5.47 Å². The molecule has 0 amide bonds. The van der Waals surface area contributed by atoms with Crippen LogP contribution in [0.5, 0.6) is 0 Å². The maximum atomic E-state index is 8.20. The molecule has 3 N–H and O–H groups in total. The summed E-state index contributed by atoms with van der Waals surface area (Å²) in [4.78, 5) is 0. The Kier molecular flexibility index (Phi) is 4.08. The van der Waals surface area contributed by atoms with Gasteiger partial charge in [0.15, 0.2) is 0 Å². The summed E-state index contributed by atoms with van der Waals surface area (Å²) in [5.74, 6) is 0. The Morgan fingerprint density at radius 3 is 2.75 bits per heavy atom. The Bertz CT molecular complexity index is 109. The molecule has 0 heterocycles. The molecule has 0 bridgehead atoms. The van der Waals surface area contributed by atoms with Crippen LogP contribution < -0.4 is 5.73 Å². The highest BCUT2D eigenvalue weighted by molar-refractivity contribution is 6.23. The molecule has 2 nitrogen and oxygen atoms in total. The first-order valence-electron chi connectivity index (χ1n) is 2.26. The Balaban J connectivity index is 3.53. The summed E-state index contributed by atoms with van der Waals surface area (Å²) >= 11 is 0. The SMILES string of the molecule is [B]C(/C=C\CO)=C/N. The number of hydrogen-bond donors (Lipinski definition) is 2. The van der Waals surface area contributed by atoms with E-state index in [0.717, 1.165) is 0 Å². The van der Waals surface area contributed by atoms with Crippen LogP contribution in [-0.2, 0) is 0 Å². The summed E-state index contributed by atoms with van der Waals surface area (Å²) in [6, 6.07) is 0. The lowest BCUT2D eigenvalue weighted by Crippen LogP contribution is -1.84. The van der Waals surface area contributed by atoms with Crippen molar-refractivity contribution in [1.82, 2.24) is 0 Å². The standard InChI is InChI=1S/C5H8BNO/c6-5(4-7)2-1-3-8/h1-2,4,8H,3,7H2/b2-1-,5-4+. The first kappa shape index (κ1) is 7.30. The fraction of sp³-hybridized carbons (Fsp3) is 0.200. The summed E-state index contributed by atoms with van der Waals surface area (Å²) in [6.45, 7) is -0.00542. The number of aliphatic hydroxyl groups is 1. The van der Waals surface area contributed by atoms with Gasteiger partial charge in [0.1, 0.15) is 7.85 Å². The predicted molar refractivity (Wildman–Crippen MR) is 34.3 cm³/mol. The van der Waals surface area contributed by atoms with Gasteiger partial charge in [-0.3, -0.25) is 0 Å². The molecule has 42 valence electrons. The molecule has 0 aromatic rings. The van der Waals surface area contributed by atoms with E-state index in [2.05, 4.69) is 0 Å². The zero-order chi connectivity index (χ0) is 6.41. The molecule has 0 fully saturated rings. The van der Waals surface area contributed by atoms with E-state index in [4.69, 9.17) is 18.7 Å². The molecule has 0 unspecified atom stereocenters. The van der Waals surface area contributed by atoms with Crippen molar-refractivity contribution < 1.29 is 5.11 Å². The van der Waals surface area contributed by atoms with Crippen LogP contribution in [0.15, 0.2) is 23.8 Å².